The lowest BCUT2D eigenvalue weighted by atomic mass is 9.89. The Hall–Kier alpha value is -0.860. The van der Waals surface area contributed by atoms with Gasteiger partial charge in [-0.05, 0) is 30.7 Å². The second-order valence-electron chi connectivity index (χ2n) is 4.57. The van der Waals surface area contributed by atoms with E-state index in [2.05, 4.69) is 38.1 Å². The molecule has 0 heterocycles. The Morgan fingerprint density at radius 1 is 1.25 bits per heavy atom. The molecule has 90 valence electrons. The Morgan fingerprint density at radius 2 is 1.88 bits per heavy atom. The van der Waals surface area contributed by atoms with Crippen LogP contribution in [0.5, 0.6) is 0 Å². The molecule has 1 aromatic rings. The summed E-state index contributed by atoms with van der Waals surface area (Å²) in [7, 11) is 1.71. The summed E-state index contributed by atoms with van der Waals surface area (Å²) < 4.78 is 5.13. The van der Waals surface area contributed by atoms with Gasteiger partial charge in [-0.3, -0.25) is 0 Å². The highest BCUT2D eigenvalue weighted by molar-refractivity contribution is 5.21. The molecule has 1 aromatic carbocycles. The summed E-state index contributed by atoms with van der Waals surface area (Å²) in [5.41, 5.74) is 2.56. The molecule has 2 nitrogen and oxygen atoms in total. The zero-order chi connectivity index (χ0) is 12.0. The van der Waals surface area contributed by atoms with Gasteiger partial charge in [0.15, 0.2) is 0 Å². The van der Waals surface area contributed by atoms with Crippen molar-refractivity contribution < 1.29 is 9.84 Å². The molecule has 0 aliphatic carbocycles. The van der Waals surface area contributed by atoms with Gasteiger partial charge in [0.05, 0.1) is 0 Å². The monoisotopic (exact) mass is 222 g/mol. The van der Waals surface area contributed by atoms with E-state index >= 15 is 0 Å². The molecular weight excluding hydrogens is 200 g/mol. The number of rotatable bonds is 6. The highest BCUT2D eigenvalue weighted by Crippen LogP contribution is 2.18. The molecule has 1 N–H and O–H groups in total. The minimum Gasteiger partial charge on any atom is -0.396 e. The number of hydrogen-bond donors (Lipinski definition) is 1. The quantitative estimate of drug-likeness (QED) is 0.801. The third kappa shape index (κ3) is 3.95. The molecule has 0 bridgehead atoms. The minimum atomic E-state index is 0.221. The summed E-state index contributed by atoms with van der Waals surface area (Å²) in [5.74, 6) is 0.666. The summed E-state index contributed by atoms with van der Waals surface area (Å²) in [6.45, 7) is 5.13. The van der Waals surface area contributed by atoms with Crippen LogP contribution >= 0.6 is 0 Å². The van der Waals surface area contributed by atoms with Gasteiger partial charge >= 0.3 is 0 Å². The van der Waals surface area contributed by atoms with Crippen molar-refractivity contribution in [2.24, 2.45) is 11.8 Å². The zero-order valence-electron chi connectivity index (χ0n) is 10.4. The Morgan fingerprint density at radius 3 is 2.38 bits per heavy atom. The molecule has 2 unspecified atom stereocenters. The van der Waals surface area contributed by atoms with Crippen molar-refractivity contribution in [3.8, 4) is 0 Å². The van der Waals surface area contributed by atoms with Crippen LogP contribution < -0.4 is 0 Å². The minimum absolute atomic E-state index is 0.221. The second-order valence-corrected chi connectivity index (χ2v) is 4.57. The van der Waals surface area contributed by atoms with Gasteiger partial charge in [-0.1, -0.05) is 36.8 Å². The number of aliphatic hydroxyl groups is 1. The first-order chi connectivity index (χ1) is 7.67. The van der Waals surface area contributed by atoms with Crippen molar-refractivity contribution in [1.82, 2.24) is 0 Å². The standard InChI is InChI=1S/C14H22O2/c1-11-4-6-13(7-5-11)8-14(9-15)12(2)10-16-3/h4-7,12,14-15H,8-10H2,1-3H3. The molecule has 0 aliphatic rings. The molecule has 0 amide bonds. The van der Waals surface area contributed by atoms with E-state index in [1.807, 2.05) is 0 Å². The molecule has 2 atom stereocenters. The zero-order valence-corrected chi connectivity index (χ0v) is 10.4. The third-order valence-corrected chi connectivity index (χ3v) is 3.09. The van der Waals surface area contributed by atoms with E-state index in [9.17, 15) is 5.11 Å². The molecule has 16 heavy (non-hydrogen) atoms. The van der Waals surface area contributed by atoms with E-state index in [4.69, 9.17) is 4.74 Å². The SMILES string of the molecule is COCC(C)C(CO)Cc1ccc(C)cc1. The Bertz CT molecular complexity index is 292. The maximum Gasteiger partial charge on any atom is 0.0491 e. The molecule has 0 radical (unpaired) electrons. The lowest BCUT2D eigenvalue weighted by Crippen LogP contribution is -2.22. The lowest BCUT2D eigenvalue weighted by molar-refractivity contribution is 0.0983. The third-order valence-electron chi connectivity index (χ3n) is 3.09. The van der Waals surface area contributed by atoms with Crippen LogP contribution in [0.25, 0.3) is 0 Å². The Kier molecular flexibility index (Phi) is 5.50. The number of benzene rings is 1. The number of aliphatic hydroxyl groups excluding tert-OH is 1. The molecule has 0 saturated heterocycles. The predicted molar refractivity (Wildman–Crippen MR) is 66.5 cm³/mol. The van der Waals surface area contributed by atoms with Gasteiger partial charge in [0.1, 0.15) is 0 Å². The van der Waals surface area contributed by atoms with E-state index < -0.39 is 0 Å². The van der Waals surface area contributed by atoms with Gasteiger partial charge in [-0.2, -0.15) is 0 Å². The first kappa shape index (κ1) is 13.2. The van der Waals surface area contributed by atoms with Crippen molar-refractivity contribution >= 4 is 0 Å². The smallest absolute Gasteiger partial charge is 0.0491 e. The largest absolute Gasteiger partial charge is 0.396 e. The van der Waals surface area contributed by atoms with Crippen molar-refractivity contribution in [2.45, 2.75) is 20.3 Å². The van der Waals surface area contributed by atoms with E-state index in [1.54, 1.807) is 7.11 Å². The Labute approximate surface area is 98.3 Å². The highest BCUT2D eigenvalue weighted by Gasteiger charge is 2.16. The van der Waals surface area contributed by atoms with E-state index in [0.29, 0.717) is 12.5 Å². The van der Waals surface area contributed by atoms with Crippen LogP contribution in [0.3, 0.4) is 0 Å². The molecule has 0 spiro atoms. The molecule has 0 aromatic heterocycles. The molecule has 1 rings (SSSR count). The summed E-state index contributed by atoms with van der Waals surface area (Å²) >= 11 is 0. The molecule has 0 aliphatic heterocycles. The van der Waals surface area contributed by atoms with Crippen molar-refractivity contribution in [2.75, 3.05) is 20.3 Å². The van der Waals surface area contributed by atoms with Crippen LogP contribution in [0, 0.1) is 18.8 Å². The van der Waals surface area contributed by atoms with Crippen molar-refractivity contribution in [3.63, 3.8) is 0 Å². The van der Waals surface area contributed by atoms with Crippen LogP contribution in [0.15, 0.2) is 24.3 Å². The van der Waals surface area contributed by atoms with Crippen LogP contribution in [0.1, 0.15) is 18.1 Å². The molecular formula is C14H22O2. The van der Waals surface area contributed by atoms with Gasteiger partial charge in [-0.15, -0.1) is 0 Å². The fourth-order valence-corrected chi connectivity index (χ4v) is 1.87. The van der Waals surface area contributed by atoms with E-state index in [0.717, 1.165) is 6.42 Å². The summed E-state index contributed by atoms with van der Waals surface area (Å²) in [5, 5.41) is 9.38. The van der Waals surface area contributed by atoms with Gasteiger partial charge in [0.2, 0.25) is 0 Å². The van der Waals surface area contributed by atoms with Gasteiger partial charge in [0.25, 0.3) is 0 Å². The molecule has 0 saturated carbocycles. The second kappa shape index (κ2) is 6.66. The number of aryl methyl sites for hydroxylation is 1. The van der Waals surface area contributed by atoms with Gasteiger partial charge < -0.3 is 9.84 Å². The number of hydrogen-bond acceptors (Lipinski definition) is 2. The van der Waals surface area contributed by atoms with Crippen LogP contribution in [-0.4, -0.2) is 25.4 Å². The maximum atomic E-state index is 9.38. The fourth-order valence-electron chi connectivity index (χ4n) is 1.87. The Balaban J connectivity index is 2.59. The van der Waals surface area contributed by atoms with Gasteiger partial charge in [0, 0.05) is 20.3 Å². The maximum absolute atomic E-state index is 9.38. The number of ether oxygens (including phenoxy) is 1. The summed E-state index contributed by atoms with van der Waals surface area (Å²) in [6, 6.07) is 8.50. The van der Waals surface area contributed by atoms with Crippen molar-refractivity contribution in [3.05, 3.63) is 35.4 Å². The van der Waals surface area contributed by atoms with E-state index in [1.165, 1.54) is 11.1 Å². The summed E-state index contributed by atoms with van der Waals surface area (Å²) in [4.78, 5) is 0. The van der Waals surface area contributed by atoms with E-state index in [-0.39, 0.29) is 12.5 Å². The normalized spacial score (nSPS) is 14.8. The fraction of sp³-hybridized carbons (Fsp3) is 0.571. The average molecular weight is 222 g/mol. The summed E-state index contributed by atoms with van der Waals surface area (Å²) in [6.07, 6.45) is 0.918. The van der Waals surface area contributed by atoms with Gasteiger partial charge in [-0.25, -0.2) is 0 Å². The van der Waals surface area contributed by atoms with Crippen LogP contribution in [0.2, 0.25) is 0 Å². The number of methoxy groups -OCH3 is 1. The molecule has 2 heteroatoms. The first-order valence-corrected chi connectivity index (χ1v) is 5.82. The van der Waals surface area contributed by atoms with Crippen LogP contribution in [-0.2, 0) is 11.2 Å². The first-order valence-electron chi connectivity index (χ1n) is 5.82. The van der Waals surface area contributed by atoms with Crippen molar-refractivity contribution in [1.29, 1.82) is 0 Å². The lowest BCUT2D eigenvalue weighted by Gasteiger charge is -2.21. The predicted octanol–water partition coefficient (Wildman–Crippen LogP) is 2.43. The van der Waals surface area contributed by atoms with Crippen LogP contribution in [0.4, 0.5) is 0 Å². The average Bonchev–Trinajstić information content (AvgIpc) is 2.28. The highest BCUT2D eigenvalue weighted by atomic mass is 16.5. The molecule has 0 fully saturated rings. The topological polar surface area (TPSA) is 29.5 Å².